The monoisotopic (exact) mass is 388 g/mol. The lowest BCUT2D eigenvalue weighted by Gasteiger charge is -2.26. The lowest BCUT2D eigenvalue weighted by molar-refractivity contribution is 0.0398. The molecule has 1 saturated heterocycles. The Morgan fingerprint density at radius 3 is 2.68 bits per heavy atom. The second kappa shape index (κ2) is 10.6. The molecule has 1 aliphatic rings. The minimum absolute atomic E-state index is 0.532. The summed E-state index contributed by atoms with van der Waals surface area (Å²) in [5.41, 5.74) is 1.15. The van der Waals surface area contributed by atoms with Gasteiger partial charge in [0.25, 0.3) is 0 Å². The van der Waals surface area contributed by atoms with Gasteiger partial charge in [0.15, 0.2) is 17.3 Å². The predicted octanol–water partition coefficient (Wildman–Crippen LogP) is 1.29. The van der Waals surface area contributed by atoms with E-state index < -0.39 is 0 Å². The van der Waals surface area contributed by atoms with Crippen molar-refractivity contribution < 1.29 is 14.2 Å². The number of hydrogen-bond donors (Lipinski definition) is 2. The fourth-order valence-electron chi connectivity index (χ4n) is 2.99. The molecule has 0 atom stereocenters. The Hall–Kier alpha value is -2.65. The van der Waals surface area contributed by atoms with E-state index in [4.69, 9.17) is 14.2 Å². The molecule has 0 saturated carbocycles. The van der Waals surface area contributed by atoms with Gasteiger partial charge in [-0.2, -0.15) is 10.1 Å². The third-order valence-electron chi connectivity index (χ3n) is 4.54. The van der Waals surface area contributed by atoms with Crippen LogP contribution in [0.5, 0.6) is 11.5 Å². The molecule has 3 rings (SSSR count). The number of nitrogens with zero attached hydrogens (tertiary/aromatic N) is 4. The topological polar surface area (TPSA) is 93.7 Å². The Morgan fingerprint density at radius 2 is 1.89 bits per heavy atom. The number of methoxy groups -OCH3 is 2. The first-order chi connectivity index (χ1) is 13.8. The average molecular weight is 388 g/mol. The van der Waals surface area contributed by atoms with Crippen molar-refractivity contribution in [3.8, 4) is 11.5 Å². The second-order valence-corrected chi connectivity index (χ2v) is 6.41. The lowest BCUT2D eigenvalue weighted by atomic mass is 10.1. The van der Waals surface area contributed by atoms with Crippen LogP contribution in [-0.4, -0.2) is 80.2 Å². The molecular weight excluding hydrogens is 360 g/mol. The SMILES string of the molecule is COc1ccc(CCNc2cnnc(NCCN3CCOCC3)n2)cc1OC. The number of rotatable bonds is 10. The summed E-state index contributed by atoms with van der Waals surface area (Å²) in [4.78, 5) is 6.82. The van der Waals surface area contributed by atoms with Crippen LogP contribution < -0.4 is 20.1 Å². The van der Waals surface area contributed by atoms with Crippen LogP contribution >= 0.6 is 0 Å². The molecule has 2 heterocycles. The Bertz CT molecular complexity index is 739. The molecule has 0 radical (unpaired) electrons. The summed E-state index contributed by atoms with van der Waals surface area (Å²) in [6.07, 6.45) is 2.45. The average Bonchev–Trinajstić information content (AvgIpc) is 2.75. The number of aromatic nitrogens is 3. The van der Waals surface area contributed by atoms with Crippen molar-refractivity contribution in [2.24, 2.45) is 0 Å². The van der Waals surface area contributed by atoms with Crippen molar-refractivity contribution in [3.63, 3.8) is 0 Å². The standard InChI is InChI=1S/C19H28N6O3/c1-26-16-4-3-15(13-17(16)27-2)5-6-20-18-14-22-24-19(23-18)21-7-8-25-9-11-28-12-10-25/h3-4,13-14H,5-12H2,1-2H3,(H2,20,21,23,24). The van der Waals surface area contributed by atoms with E-state index in [0.29, 0.717) is 11.8 Å². The van der Waals surface area contributed by atoms with Crippen molar-refractivity contribution in [1.29, 1.82) is 0 Å². The highest BCUT2D eigenvalue weighted by atomic mass is 16.5. The fourth-order valence-corrected chi connectivity index (χ4v) is 2.99. The first kappa shape index (κ1) is 20.1. The molecule has 1 aromatic carbocycles. The maximum Gasteiger partial charge on any atom is 0.244 e. The van der Waals surface area contributed by atoms with Gasteiger partial charge in [0.1, 0.15) is 0 Å². The predicted molar refractivity (Wildman–Crippen MR) is 107 cm³/mol. The van der Waals surface area contributed by atoms with E-state index in [9.17, 15) is 0 Å². The Kier molecular flexibility index (Phi) is 7.62. The summed E-state index contributed by atoms with van der Waals surface area (Å²) >= 11 is 0. The summed E-state index contributed by atoms with van der Waals surface area (Å²) in [5.74, 6) is 2.69. The van der Waals surface area contributed by atoms with E-state index in [1.165, 1.54) is 0 Å². The van der Waals surface area contributed by atoms with Gasteiger partial charge < -0.3 is 24.8 Å². The van der Waals surface area contributed by atoms with Crippen LogP contribution in [0.25, 0.3) is 0 Å². The maximum atomic E-state index is 5.36. The maximum absolute atomic E-state index is 5.36. The minimum atomic E-state index is 0.532. The minimum Gasteiger partial charge on any atom is -0.493 e. The number of benzene rings is 1. The van der Waals surface area contributed by atoms with E-state index in [0.717, 1.165) is 69.4 Å². The van der Waals surface area contributed by atoms with Crippen molar-refractivity contribution in [2.45, 2.75) is 6.42 Å². The summed E-state index contributed by atoms with van der Waals surface area (Å²) in [7, 11) is 3.27. The Labute approximate surface area is 165 Å². The van der Waals surface area contributed by atoms with Crippen LogP contribution in [-0.2, 0) is 11.2 Å². The molecule has 0 spiro atoms. The zero-order chi connectivity index (χ0) is 19.6. The van der Waals surface area contributed by atoms with Crippen LogP contribution in [0.2, 0.25) is 0 Å². The number of anilines is 2. The van der Waals surface area contributed by atoms with Crippen molar-refractivity contribution in [1.82, 2.24) is 20.1 Å². The fraction of sp³-hybridized carbons (Fsp3) is 0.526. The first-order valence-electron chi connectivity index (χ1n) is 9.47. The third-order valence-corrected chi connectivity index (χ3v) is 4.54. The van der Waals surface area contributed by atoms with Crippen LogP contribution in [0.1, 0.15) is 5.56 Å². The molecule has 1 aliphatic heterocycles. The van der Waals surface area contributed by atoms with Gasteiger partial charge in [-0.25, -0.2) is 0 Å². The molecular formula is C19H28N6O3. The Balaban J connectivity index is 1.44. The van der Waals surface area contributed by atoms with Crippen molar-refractivity contribution in [3.05, 3.63) is 30.0 Å². The molecule has 0 unspecified atom stereocenters. The van der Waals surface area contributed by atoms with E-state index in [1.54, 1.807) is 20.4 Å². The van der Waals surface area contributed by atoms with E-state index >= 15 is 0 Å². The summed E-state index contributed by atoms with van der Waals surface area (Å²) < 4.78 is 16.0. The lowest BCUT2D eigenvalue weighted by Crippen LogP contribution is -2.39. The van der Waals surface area contributed by atoms with Gasteiger partial charge in [-0.15, -0.1) is 5.10 Å². The molecule has 2 N–H and O–H groups in total. The van der Waals surface area contributed by atoms with E-state index in [2.05, 4.69) is 30.7 Å². The number of nitrogens with one attached hydrogen (secondary N) is 2. The second-order valence-electron chi connectivity index (χ2n) is 6.41. The van der Waals surface area contributed by atoms with E-state index in [-0.39, 0.29) is 0 Å². The highest BCUT2D eigenvalue weighted by molar-refractivity contribution is 5.43. The van der Waals surface area contributed by atoms with Gasteiger partial charge in [-0.1, -0.05) is 6.07 Å². The largest absolute Gasteiger partial charge is 0.493 e. The molecule has 0 aliphatic carbocycles. The number of morpholine rings is 1. The van der Waals surface area contributed by atoms with Crippen LogP contribution in [0.3, 0.4) is 0 Å². The molecule has 152 valence electrons. The molecule has 0 bridgehead atoms. The quantitative estimate of drug-likeness (QED) is 0.624. The van der Waals surface area contributed by atoms with Gasteiger partial charge in [0.2, 0.25) is 5.95 Å². The van der Waals surface area contributed by atoms with Gasteiger partial charge in [-0.3, -0.25) is 4.90 Å². The normalized spacial score (nSPS) is 14.5. The van der Waals surface area contributed by atoms with E-state index in [1.807, 2.05) is 18.2 Å². The molecule has 9 heteroatoms. The van der Waals surface area contributed by atoms with Gasteiger partial charge >= 0.3 is 0 Å². The highest BCUT2D eigenvalue weighted by Crippen LogP contribution is 2.27. The number of hydrogen-bond acceptors (Lipinski definition) is 9. The zero-order valence-corrected chi connectivity index (χ0v) is 16.5. The van der Waals surface area contributed by atoms with Crippen molar-refractivity contribution in [2.75, 3.05) is 70.8 Å². The van der Waals surface area contributed by atoms with Crippen LogP contribution in [0.4, 0.5) is 11.8 Å². The van der Waals surface area contributed by atoms with Crippen molar-refractivity contribution >= 4 is 11.8 Å². The molecule has 1 fully saturated rings. The molecule has 0 amide bonds. The molecule has 1 aromatic heterocycles. The Morgan fingerprint density at radius 1 is 1.07 bits per heavy atom. The first-order valence-corrected chi connectivity index (χ1v) is 9.47. The summed E-state index contributed by atoms with van der Waals surface area (Å²) in [5, 5.41) is 14.6. The molecule has 2 aromatic rings. The third kappa shape index (κ3) is 5.93. The summed E-state index contributed by atoms with van der Waals surface area (Å²) in [6, 6.07) is 5.92. The summed E-state index contributed by atoms with van der Waals surface area (Å²) in [6.45, 7) is 5.98. The van der Waals surface area contributed by atoms with Gasteiger partial charge in [0, 0.05) is 32.7 Å². The highest BCUT2D eigenvalue weighted by Gasteiger charge is 2.10. The van der Waals surface area contributed by atoms with Gasteiger partial charge in [-0.05, 0) is 24.1 Å². The van der Waals surface area contributed by atoms with Gasteiger partial charge in [0.05, 0.1) is 33.6 Å². The molecule has 9 nitrogen and oxygen atoms in total. The zero-order valence-electron chi connectivity index (χ0n) is 16.5. The smallest absolute Gasteiger partial charge is 0.244 e. The van der Waals surface area contributed by atoms with Crippen LogP contribution in [0.15, 0.2) is 24.4 Å². The number of ether oxygens (including phenoxy) is 3. The molecule has 28 heavy (non-hydrogen) atoms. The van der Waals surface area contributed by atoms with Crippen LogP contribution in [0, 0.1) is 0 Å².